The first-order chi connectivity index (χ1) is 8.68. The summed E-state index contributed by atoms with van der Waals surface area (Å²) in [5.74, 6) is 0. The molecule has 1 aromatic heterocycles. The number of hydrogen-bond acceptors (Lipinski definition) is 4. The largest absolute Gasteiger partial charge is 0.314 e. The molecule has 0 aliphatic carbocycles. The Morgan fingerprint density at radius 2 is 2.17 bits per heavy atom. The van der Waals surface area contributed by atoms with E-state index in [9.17, 15) is 8.42 Å². The Labute approximate surface area is 108 Å². The van der Waals surface area contributed by atoms with Crippen LogP contribution >= 0.6 is 0 Å². The van der Waals surface area contributed by atoms with E-state index in [-0.39, 0.29) is 0 Å². The first-order valence-electron chi connectivity index (χ1n) is 6.03. The summed E-state index contributed by atoms with van der Waals surface area (Å²) < 4.78 is 28.0. The van der Waals surface area contributed by atoms with E-state index in [2.05, 4.69) is 15.0 Å². The van der Waals surface area contributed by atoms with Gasteiger partial charge in [-0.1, -0.05) is 6.07 Å². The molecule has 0 saturated carbocycles. The molecule has 0 bridgehead atoms. The van der Waals surface area contributed by atoms with Crippen molar-refractivity contribution in [2.24, 2.45) is 0 Å². The number of rotatable bonds is 5. The molecule has 2 N–H and O–H groups in total. The number of piperazine rings is 1. The van der Waals surface area contributed by atoms with E-state index in [4.69, 9.17) is 0 Å². The number of pyridine rings is 1. The number of nitrogens with zero attached hydrogens (tertiary/aromatic N) is 2. The molecule has 0 radical (unpaired) electrons. The van der Waals surface area contributed by atoms with Gasteiger partial charge in [-0.05, 0) is 18.1 Å². The van der Waals surface area contributed by atoms with Gasteiger partial charge in [0.15, 0.2) is 0 Å². The summed E-state index contributed by atoms with van der Waals surface area (Å²) in [6.45, 7) is 2.88. The van der Waals surface area contributed by atoms with Crippen LogP contribution in [0.5, 0.6) is 0 Å². The minimum atomic E-state index is -3.33. The molecule has 2 rings (SSSR count). The molecule has 1 fully saturated rings. The lowest BCUT2D eigenvalue weighted by Gasteiger charge is -2.26. The average molecular weight is 270 g/mol. The maximum absolute atomic E-state index is 11.9. The van der Waals surface area contributed by atoms with Gasteiger partial charge in [0, 0.05) is 45.1 Å². The molecule has 0 aromatic carbocycles. The zero-order valence-electron chi connectivity index (χ0n) is 10.2. The summed E-state index contributed by atoms with van der Waals surface area (Å²) in [6.07, 6.45) is 4.10. The van der Waals surface area contributed by atoms with Crippen molar-refractivity contribution in [2.45, 2.75) is 6.42 Å². The second-order valence-corrected chi connectivity index (χ2v) is 5.91. The van der Waals surface area contributed by atoms with Crippen LogP contribution in [0.25, 0.3) is 0 Å². The summed E-state index contributed by atoms with van der Waals surface area (Å²) in [6, 6.07) is 3.78. The number of aromatic nitrogens is 1. The van der Waals surface area contributed by atoms with Crippen molar-refractivity contribution in [1.29, 1.82) is 0 Å². The molecule has 2 heterocycles. The van der Waals surface area contributed by atoms with Crippen LogP contribution in [-0.4, -0.2) is 50.4 Å². The Hall–Kier alpha value is -1.02. The van der Waals surface area contributed by atoms with Crippen molar-refractivity contribution < 1.29 is 8.42 Å². The second kappa shape index (κ2) is 6.24. The highest BCUT2D eigenvalue weighted by Crippen LogP contribution is 2.01. The van der Waals surface area contributed by atoms with Crippen LogP contribution in [0.3, 0.4) is 0 Å². The van der Waals surface area contributed by atoms with Crippen LogP contribution in [0, 0.1) is 0 Å². The predicted octanol–water partition coefficient (Wildman–Crippen LogP) is -0.636. The van der Waals surface area contributed by atoms with Crippen LogP contribution in [0.2, 0.25) is 0 Å². The first kappa shape index (κ1) is 13.4. The standard InChI is InChI=1S/C11H18N4O2S/c16-18(17,15-8-6-12-7-9-15)14-5-3-11-2-1-4-13-10-11/h1-2,4,10,12,14H,3,5-9H2. The molecule has 1 aliphatic rings. The summed E-state index contributed by atoms with van der Waals surface area (Å²) in [4.78, 5) is 3.99. The minimum absolute atomic E-state index is 0.401. The van der Waals surface area contributed by atoms with Crippen molar-refractivity contribution in [1.82, 2.24) is 19.3 Å². The summed E-state index contributed by atoms with van der Waals surface area (Å²) >= 11 is 0. The van der Waals surface area contributed by atoms with E-state index in [0.29, 0.717) is 39.1 Å². The van der Waals surface area contributed by atoms with E-state index in [0.717, 1.165) is 5.56 Å². The maximum Gasteiger partial charge on any atom is 0.279 e. The lowest BCUT2D eigenvalue weighted by Crippen LogP contribution is -2.50. The molecule has 1 aliphatic heterocycles. The molecule has 100 valence electrons. The van der Waals surface area contributed by atoms with E-state index in [1.165, 1.54) is 4.31 Å². The van der Waals surface area contributed by atoms with Gasteiger partial charge >= 0.3 is 0 Å². The smallest absolute Gasteiger partial charge is 0.279 e. The third-order valence-corrected chi connectivity index (χ3v) is 4.45. The van der Waals surface area contributed by atoms with Crippen molar-refractivity contribution in [3.63, 3.8) is 0 Å². The van der Waals surface area contributed by atoms with Gasteiger partial charge in [0.05, 0.1) is 0 Å². The fraction of sp³-hybridized carbons (Fsp3) is 0.545. The normalized spacial score (nSPS) is 17.8. The first-order valence-corrected chi connectivity index (χ1v) is 7.47. The SMILES string of the molecule is O=S(=O)(NCCc1cccnc1)N1CCNCC1. The Kier molecular flexibility index (Phi) is 4.65. The van der Waals surface area contributed by atoms with Gasteiger partial charge in [-0.15, -0.1) is 0 Å². The highest BCUT2D eigenvalue weighted by Gasteiger charge is 2.22. The molecular weight excluding hydrogens is 252 g/mol. The van der Waals surface area contributed by atoms with E-state index in [1.807, 2.05) is 12.1 Å². The molecule has 18 heavy (non-hydrogen) atoms. The zero-order valence-corrected chi connectivity index (χ0v) is 11.0. The fourth-order valence-corrected chi connectivity index (χ4v) is 3.05. The molecule has 0 amide bonds. The van der Waals surface area contributed by atoms with Crippen LogP contribution in [0.15, 0.2) is 24.5 Å². The van der Waals surface area contributed by atoms with E-state index >= 15 is 0 Å². The fourth-order valence-electron chi connectivity index (χ4n) is 1.85. The van der Waals surface area contributed by atoms with Crippen LogP contribution in [0.4, 0.5) is 0 Å². The van der Waals surface area contributed by atoms with E-state index in [1.54, 1.807) is 12.4 Å². The highest BCUT2D eigenvalue weighted by molar-refractivity contribution is 7.87. The van der Waals surface area contributed by atoms with Crippen LogP contribution in [-0.2, 0) is 16.6 Å². The molecule has 1 aromatic rings. The van der Waals surface area contributed by atoms with Crippen molar-refractivity contribution in [2.75, 3.05) is 32.7 Å². The molecule has 0 spiro atoms. The Bertz CT molecular complexity index is 457. The molecule has 1 saturated heterocycles. The van der Waals surface area contributed by atoms with Gasteiger partial charge in [-0.2, -0.15) is 12.7 Å². The Morgan fingerprint density at radius 3 is 2.83 bits per heavy atom. The number of hydrogen-bond donors (Lipinski definition) is 2. The topological polar surface area (TPSA) is 74.3 Å². The van der Waals surface area contributed by atoms with Gasteiger partial charge in [-0.3, -0.25) is 4.98 Å². The van der Waals surface area contributed by atoms with E-state index < -0.39 is 10.2 Å². The summed E-state index contributed by atoms with van der Waals surface area (Å²) in [5, 5.41) is 3.13. The molecule has 7 heteroatoms. The minimum Gasteiger partial charge on any atom is -0.314 e. The summed E-state index contributed by atoms with van der Waals surface area (Å²) in [5.41, 5.74) is 1.03. The van der Waals surface area contributed by atoms with Crippen molar-refractivity contribution in [3.05, 3.63) is 30.1 Å². The Balaban J connectivity index is 1.82. The van der Waals surface area contributed by atoms with Crippen LogP contribution in [0.1, 0.15) is 5.56 Å². The monoisotopic (exact) mass is 270 g/mol. The molecular formula is C11H18N4O2S. The predicted molar refractivity (Wildman–Crippen MR) is 69.3 cm³/mol. The van der Waals surface area contributed by atoms with Gasteiger partial charge in [0.25, 0.3) is 10.2 Å². The maximum atomic E-state index is 11.9. The Morgan fingerprint density at radius 1 is 1.39 bits per heavy atom. The van der Waals surface area contributed by atoms with Gasteiger partial charge in [-0.25, -0.2) is 4.72 Å². The van der Waals surface area contributed by atoms with Gasteiger partial charge < -0.3 is 5.32 Å². The molecule has 6 nitrogen and oxygen atoms in total. The zero-order chi connectivity index (χ0) is 12.8. The highest BCUT2D eigenvalue weighted by atomic mass is 32.2. The average Bonchev–Trinajstić information content (AvgIpc) is 2.41. The van der Waals surface area contributed by atoms with Crippen molar-refractivity contribution in [3.8, 4) is 0 Å². The molecule has 0 atom stereocenters. The second-order valence-electron chi connectivity index (χ2n) is 4.16. The van der Waals surface area contributed by atoms with Crippen molar-refractivity contribution >= 4 is 10.2 Å². The number of nitrogens with one attached hydrogen (secondary N) is 2. The lowest BCUT2D eigenvalue weighted by molar-refractivity contribution is 0.355. The summed E-state index contributed by atoms with van der Waals surface area (Å²) in [7, 11) is -3.33. The lowest BCUT2D eigenvalue weighted by atomic mass is 10.2. The quantitative estimate of drug-likeness (QED) is 0.746. The third-order valence-electron chi connectivity index (χ3n) is 2.84. The third kappa shape index (κ3) is 3.74. The van der Waals surface area contributed by atoms with Crippen LogP contribution < -0.4 is 10.0 Å². The van der Waals surface area contributed by atoms with Gasteiger partial charge in [0.2, 0.25) is 0 Å². The van der Waals surface area contributed by atoms with Gasteiger partial charge in [0.1, 0.15) is 0 Å². The molecule has 0 unspecified atom stereocenters.